The minimum Gasteiger partial charge on any atom is -0.481 e. The third-order valence-corrected chi connectivity index (χ3v) is 4.58. The Morgan fingerprint density at radius 2 is 2.24 bits per heavy atom. The van der Waals surface area contributed by atoms with E-state index in [0.29, 0.717) is 6.61 Å². The molecule has 1 aromatic carbocycles. The lowest BCUT2D eigenvalue weighted by molar-refractivity contribution is -0.149. The van der Waals surface area contributed by atoms with Crippen molar-refractivity contribution in [1.29, 1.82) is 0 Å². The molecule has 21 heavy (non-hydrogen) atoms. The molecular weight excluding hydrogens is 301 g/mol. The molecule has 2 aliphatic rings. The smallest absolute Gasteiger partial charge is 0.314 e. The van der Waals surface area contributed by atoms with Crippen LogP contribution in [0.15, 0.2) is 18.2 Å². The fourth-order valence-corrected chi connectivity index (χ4v) is 3.22. The van der Waals surface area contributed by atoms with Crippen LogP contribution in [0.5, 0.6) is 0 Å². The molecule has 0 unspecified atom stereocenters. The second-order valence-corrected chi connectivity index (χ2v) is 5.89. The summed E-state index contributed by atoms with van der Waals surface area (Å²) < 4.78 is 18.5. The number of nitrogens with zero attached hydrogens (tertiary/aromatic N) is 1. The van der Waals surface area contributed by atoms with Crippen molar-refractivity contribution >= 4 is 23.5 Å². The maximum Gasteiger partial charge on any atom is 0.314 e. The number of halogens is 2. The van der Waals surface area contributed by atoms with E-state index in [0.717, 1.165) is 6.07 Å². The molecule has 0 aliphatic carbocycles. The number of aliphatic carboxylic acids is 1. The third kappa shape index (κ3) is 2.18. The molecule has 0 radical (unpaired) electrons. The van der Waals surface area contributed by atoms with Gasteiger partial charge in [0.05, 0.1) is 23.8 Å². The van der Waals surface area contributed by atoms with Crippen LogP contribution in [0, 0.1) is 17.2 Å². The number of amides is 1. The molecular formula is C14H13ClFNO4. The van der Waals surface area contributed by atoms with Crippen LogP contribution in [-0.4, -0.2) is 48.2 Å². The third-order valence-electron chi connectivity index (χ3n) is 4.25. The lowest BCUT2D eigenvalue weighted by Crippen LogP contribution is -2.40. The summed E-state index contributed by atoms with van der Waals surface area (Å²) in [6, 6.07) is 3.56. The molecule has 0 bridgehead atoms. The van der Waals surface area contributed by atoms with Crippen molar-refractivity contribution in [3.63, 3.8) is 0 Å². The van der Waals surface area contributed by atoms with Crippen LogP contribution >= 0.6 is 11.6 Å². The first kappa shape index (κ1) is 14.3. The Labute approximate surface area is 125 Å². The number of ether oxygens (including phenoxy) is 1. The van der Waals surface area contributed by atoms with E-state index < -0.39 is 23.1 Å². The number of fused-ring (bicyclic) bond motifs is 1. The van der Waals surface area contributed by atoms with Crippen molar-refractivity contribution in [2.24, 2.45) is 11.3 Å². The summed E-state index contributed by atoms with van der Waals surface area (Å²) in [5.41, 5.74) is -1.01. The predicted molar refractivity (Wildman–Crippen MR) is 71.7 cm³/mol. The highest BCUT2D eigenvalue weighted by Crippen LogP contribution is 2.42. The highest BCUT2D eigenvalue weighted by molar-refractivity contribution is 6.33. The molecule has 2 fully saturated rings. The summed E-state index contributed by atoms with van der Waals surface area (Å²) in [5, 5.41) is 9.59. The monoisotopic (exact) mass is 313 g/mol. The van der Waals surface area contributed by atoms with E-state index in [9.17, 15) is 19.1 Å². The lowest BCUT2D eigenvalue weighted by atomic mass is 9.81. The van der Waals surface area contributed by atoms with E-state index in [-0.39, 0.29) is 36.2 Å². The molecule has 0 saturated carbocycles. The highest BCUT2D eigenvalue weighted by atomic mass is 35.5. The fourth-order valence-electron chi connectivity index (χ4n) is 3.02. The van der Waals surface area contributed by atoms with Gasteiger partial charge in [0.15, 0.2) is 0 Å². The summed E-state index contributed by atoms with van der Waals surface area (Å²) in [7, 11) is 0. The van der Waals surface area contributed by atoms with Crippen LogP contribution in [0.1, 0.15) is 10.4 Å². The number of carbonyl (C=O) groups excluding carboxylic acids is 1. The molecule has 3 rings (SSSR count). The SMILES string of the molecule is O=C(c1cc(F)ccc1Cl)N1C[C@@H]2COC[C@]2(C(=O)O)C1. The molecule has 2 atom stereocenters. The molecule has 0 spiro atoms. The van der Waals surface area contributed by atoms with Crippen molar-refractivity contribution in [3.8, 4) is 0 Å². The quantitative estimate of drug-likeness (QED) is 0.901. The van der Waals surface area contributed by atoms with Gasteiger partial charge in [-0.2, -0.15) is 0 Å². The number of benzene rings is 1. The summed E-state index contributed by atoms with van der Waals surface area (Å²) >= 11 is 5.93. The van der Waals surface area contributed by atoms with E-state index in [2.05, 4.69) is 0 Å². The Kier molecular flexibility index (Phi) is 3.37. The van der Waals surface area contributed by atoms with E-state index >= 15 is 0 Å². The molecule has 2 saturated heterocycles. The minimum atomic E-state index is -1.06. The van der Waals surface area contributed by atoms with Gasteiger partial charge in [0.2, 0.25) is 0 Å². The van der Waals surface area contributed by atoms with E-state index in [1.165, 1.54) is 17.0 Å². The first-order valence-corrected chi connectivity index (χ1v) is 6.87. The summed E-state index contributed by atoms with van der Waals surface area (Å²) in [4.78, 5) is 25.4. The maximum atomic E-state index is 13.3. The van der Waals surface area contributed by atoms with Crippen molar-refractivity contribution in [1.82, 2.24) is 4.90 Å². The topological polar surface area (TPSA) is 66.8 Å². The van der Waals surface area contributed by atoms with E-state index in [1.807, 2.05) is 0 Å². The van der Waals surface area contributed by atoms with Gasteiger partial charge in [-0.15, -0.1) is 0 Å². The number of carboxylic acid groups (broad SMARTS) is 1. The predicted octanol–water partition coefficient (Wildman–Crippen LogP) is 1.65. The summed E-state index contributed by atoms with van der Waals surface area (Å²) in [6.45, 7) is 0.733. The Balaban J connectivity index is 1.88. The van der Waals surface area contributed by atoms with Gasteiger partial charge in [0.1, 0.15) is 11.2 Å². The van der Waals surface area contributed by atoms with Crippen molar-refractivity contribution in [2.45, 2.75) is 0 Å². The second-order valence-electron chi connectivity index (χ2n) is 5.48. The molecule has 5 nitrogen and oxygen atoms in total. The van der Waals surface area contributed by atoms with Gasteiger partial charge >= 0.3 is 5.97 Å². The zero-order valence-corrected chi connectivity index (χ0v) is 11.8. The molecule has 7 heteroatoms. The summed E-state index contributed by atoms with van der Waals surface area (Å²) in [5.74, 6) is -2.22. The van der Waals surface area contributed by atoms with Crippen LogP contribution in [-0.2, 0) is 9.53 Å². The number of carbonyl (C=O) groups is 2. The van der Waals surface area contributed by atoms with Gasteiger partial charge in [0, 0.05) is 19.0 Å². The van der Waals surface area contributed by atoms with E-state index in [4.69, 9.17) is 16.3 Å². The Hall–Kier alpha value is -1.66. The summed E-state index contributed by atoms with van der Waals surface area (Å²) in [6.07, 6.45) is 0. The van der Waals surface area contributed by atoms with Gasteiger partial charge in [0.25, 0.3) is 5.91 Å². The number of rotatable bonds is 2. The molecule has 2 aliphatic heterocycles. The first-order chi connectivity index (χ1) is 9.94. The largest absolute Gasteiger partial charge is 0.481 e. The number of likely N-dealkylation sites (tertiary alicyclic amines) is 1. The molecule has 112 valence electrons. The van der Waals surface area contributed by atoms with Crippen LogP contribution in [0.4, 0.5) is 4.39 Å². The fraction of sp³-hybridized carbons (Fsp3) is 0.429. The maximum absolute atomic E-state index is 13.3. The van der Waals surface area contributed by atoms with Crippen molar-refractivity contribution in [2.75, 3.05) is 26.3 Å². The molecule has 1 amide bonds. The van der Waals surface area contributed by atoms with Gasteiger partial charge in [-0.25, -0.2) is 4.39 Å². The van der Waals surface area contributed by atoms with Gasteiger partial charge in [-0.1, -0.05) is 11.6 Å². The zero-order chi connectivity index (χ0) is 15.2. The number of carboxylic acids is 1. The van der Waals surface area contributed by atoms with Gasteiger partial charge in [-0.3, -0.25) is 9.59 Å². The van der Waals surface area contributed by atoms with Gasteiger partial charge < -0.3 is 14.7 Å². The van der Waals surface area contributed by atoms with Crippen molar-refractivity contribution < 1.29 is 23.8 Å². The Morgan fingerprint density at radius 1 is 1.48 bits per heavy atom. The molecule has 1 N–H and O–H groups in total. The van der Waals surface area contributed by atoms with Gasteiger partial charge in [-0.05, 0) is 18.2 Å². The number of hydrogen-bond acceptors (Lipinski definition) is 3. The Morgan fingerprint density at radius 3 is 2.90 bits per heavy atom. The Bertz CT molecular complexity index is 623. The average Bonchev–Trinajstić information content (AvgIpc) is 2.98. The molecule has 2 heterocycles. The normalized spacial score (nSPS) is 27.7. The van der Waals surface area contributed by atoms with Crippen LogP contribution in [0.2, 0.25) is 5.02 Å². The van der Waals surface area contributed by atoms with Crippen LogP contribution in [0.3, 0.4) is 0 Å². The zero-order valence-electron chi connectivity index (χ0n) is 11.0. The second kappa shape index (κ2) is 4.96. The minimum absolute atomic E-state index is 0.0538. The highest BCUT2D eigenvalue weighted by Gasteiger charge is 2.57. The average molecular weight is 314 g/mol. The molecule has 1 aromatic rings. The first-order valence-electron chi connectivity index (χ1n) is 6.49. The van der Waals surface area contributed by atoms with Crippen molar-refractivity contribution in [3.05, 3.63) is 34.6 Å². The standard InChI is InChI=1S/C14H13ClFNO4/c15-11-2-1-9(16)3-10(11)12(18)17-4-8-5-21-7-14(8,6-17)13(19)20/h1-3,8H,4-7H2,(H,19,20)/t8-,14-/m1/s1. The molecule has 0 aromatic heterocycles. The lowest BCUT2D eigenvalue weighted by Gasteiger charge is -2.22. The van der Waals surface area contributed by atoms with Crippen LogP contribution in [0.25, 0.3) is 0 Å². The van der Waals surface area contributed by atoms with Crippen LogP contribution < -0.4 is 0 Å². The van der Waals surface area contributed by atoms with E-state index in [1.54, 1.807) is 0 Å². The number of hydrogen-bond donors (Lipinski definition) is 1.